The molecule has 0 bridgehead atoms. The molecule has 0 unspecified atom stereocenters. The van der Waals surface area contributed by atoms with E-state index in [0.717, 1.165) is 24.2 Å². The molecule has 3 heteroatoms. The molecule has 1 aromatic rings. The number of hydrogen-bond acceptors (Lipinski definition) is 3. The summed E-state index contributed by atoms with van der Waals surface area (Å²) in [5.74, 6) is 0.266. The van der Waals surface area contributed by atoms with Gasteiger partial charge in [0.1, 0.15) is 5.75 Å². The van der Waals surface area contributed by atoms with Gasteiger partial charge >= 0.3 is 0 Å². The van der Waals surface area contributed by atoms with E-state index in [9.17, 15) is 5.11 Å². The van der Waals surface area contributed by atoms with Crippen LogP contribution >= 0.6 is 0 Å². The van der Waals surface area contributed by atoms with Crippen LogP contribution in [0.3, 0.4) is 0 Å². The molecule has 3 nitrogen and oxygen atoms in total. The lowest BCUT2D eigenvalue weighted by Crippen LogP contribution is -2.00. The van der Waals surface area contributed by atoms with Crippen LogP contribution < -0.4 is 5.32 Å². The summed E-state index contributed by atoms with van der Waals surface area (Å²) in [7, 11) is 1.69. The van der Waals surface area contributed by atoms with Gasteiger partial charge in [0.2, 0.25) is 0 Å². The number of nitrogens with one attached hydrogen (secondary N) is 1. The van der Waals surface area contributed by atoms with Crippen molar-refractivity contribution in [2.24, 2.45) is 4.99 Å². The summed E-state index contributed by atoms with van der Waals surface area (Å²) < 4.78 is 0. The summed E-state index contributed by atoms with van der Waals surface area (Å²) in [5, 5.41) is 12.9. The number of phenols is 1. The van der Waals surface area contributed by atoms with Gasteiger partial charge < -0.3 is 10.4 Å². The zero-order valence-corrected chi connectivity index (χ0v) is 9.33. The van der Waals surface area contributed by atoms with Crippen LogP contribution in [0.4, 0.5) is 5.69 Å². The lowest BCUT2D eigenvalue weighted by molar-refractivity contribution is 0.474. The molecule has 0 saturated carbocycles. The predicted octanol–water partition coefficient (Wildman–Crippen LogP) is 2.65. The molecule has 0 aliphatic carbocycles. The first kappa shape index (κ1) is 11.6. The van der Waals surface area contributed by atoms with Crippen LogP contribution in [0.2, 0.25) is 0 Å². The summed E-state index contributed by atoms with van der Waals surface area (Å²) in [5.41, 5.74) is 1.70. The van der Waals surface area contributed by atoms with Crippen LogP contribution in [-0.2, 0) is 0 Å². The summed E-state index contributed by atoms with van der Waals surface area (Å²) in [4.78, 5) is 3.87. The number of nitrogens with zero attached hydrogens (tertiary/aromatic N) is 1. The number of aromatic hydroxyl groups is 1. The summed E-state index contributed by atoms with van der Waals surface area (Å²) >= 11 is 0. The second-order valence-corrected chi connectivity index (χ2v) is 3.44. The van der Waals surface area contributed by atoms with Crippen molar-refractivity contribution in [3.8, 4) is 5.75 Å². The van der Waals surface area contributed by atoms with Crippen LogP contribution in [0, 0.1) is 0 Å². The molecule has 15 heavy (non-hydrogen) atoms. The van der Waals surface area contributed by atoms with Gasteiger partial charge in [-0.3, -0.25) is 4.99 Å². The molecular weight excluding hydrogens is 188 g/mol. The molecule has 1 aromatic carbocycles. The number of phenolic OH excluding ortho intramolecular Hbond substituents is 1. The first-order valence-electron chi connectivity index (χ1n) is 5.27. The molecule has 0 aliphatic rings. The fourth-order valence-electron chi connectivity index (χ4n) is 1.31. The third kappa shape index (κ3) is 3.62. The van der Waals surface area contributed by atoms with Crippen LogP contribution in [0.5, 0.6) is 5.75 Å². The van der Waals surface area contributed by atoms with Gasteiger partial charge in [0.15, 0.2) is 0 Å². The maximum atomic E-state index is 9.65. The van der Waals surface area contributed by atoms with E-state index in [1.165, 1.54) is 6.42 Å². The van der Waals surface area contributed by atoms with Gasteiger partial charge in [-0.2, -0.15) is 0 Å². The Kier molecular flexibility index (Phi) is 4.68. The van der Waals surface area contributed by atoms with Crippen molar-refractivity contribution in [1.29, 1.82) is 0 Å². The van der Waals surface area contributed by atoms with Crippen LogP contribution in [0.15, 0.2) is 23.2 Å². The van der Waals surface area contributed by atoms with E-state index in [2.05, 4.69) is 17.2 Å². The lowest BCUT2D eigenvalue weighted by Gasteiger charge is -2.06. The third-order valence-corrected chi connectivity index (χ3v) is 2.16. The van der Waals surface area contributed by atoms with Crippen molar-refractivity contribution in [1.82, 2.24) is 0 Å². The van der Waals surface area contributed by atoms with E-state index in [4.69, 9.17) is 0 Å². The normalized spacial score (nSPS) is 10.8. The highest BCUT2D eigenvalue weighted by molar-refractivity contribution is 5.84. The Morgan fingerprint density at radius 1 is 1.47 bits per heavy atom. The number of aliphatic imine (C=N–C) groups is 1. The van der Waals surface area contributed by atoms with E-state index in [-0.39, 0.29) is 5.75 Å². The topological polar surface area (TPSA) is 44.6 Å². The number of anilines is 1. The van der Waals surface area contributed by atoms with Crippen molar-refractivity contribution >= 4 is 11.9 Å². The smallest absolute Gasteiger partial charge is 0.126 e. The van der Waals surface area contributed by atoms with Gasteiger partial charge in [0.05, 0.1) is 0 Å². The van der Waals surface area contributed by atoms with E-state index in [0.29, 0.717) is 0 Å². The van der Waals surface area contributed by atoms with Gasteiger partial charge in [0.25, 0.3) is 0 Å². The van der Waals surface area contributed by atoms with Crippen molar-refractivity contribution < 1.29 is 5.11 Å². The number of rotatable bonds is 5. The SMILES string of the molecule is CCCCNc1ccc(/C=N/C)c(O)c1. The second kappa shape index (κ2) is 6.06. The molecule has 2 N–H and O–H groups in total. The van der Waals surface area contributed by atoms with Crippen LogP contribution in [0.1, 0.15) is 25.3 Å². The maximum Gasteiger partial charge on any atom is 0.126 e. The zero-order chi connectivity index (χ0) is 11.1. The van der Waals surface area contributed by atoms with E-state index < -0.39 is 0 Å². The van der Waals surface area contributed by atoms with Crippen LogP contribution in [0.25, 0.3) is 0 Å². The predicted molar refractivity (Wildman–Crippen MR) is 65.0 cm³/mol. The summed E-state index contributed by atoms with van der Waals surface area (Å²) in [6.07, 6.45) is 3.95. The molecule has 0 aromatic heterocycles. The monoisotopic (exact) mass is 206 g/mol. The molecule has 0 aliphatic heterocycles. The minimum atomic E-state index is 0.266. The fraction of sp³-hybridized carbons (Fsp3) is 0.417. The van der Waals surface area contributed by atoms with Gasteiger partial charge in [0, 0.05) is 37.1 Å². The Morgan fingerprint density at radius 2 is 2.27 bits per heavy atom. The number of hydrogen-bond donors (Lipinski definition) is 2. The zero-order valence-electron chi connectivity index (χ0n) is 9.33. The van der Waals surface area contributed by atoms with Crippen molar-refractivity contribution in [3.63, 3.8) is 0 Å². The summed E-state index contributed by atoms with van der Waals surface area (Å²) in [6, 6.07) is 5.54. The second-order valence-electron chi connectivity index (χ2n) is 3.44. The van der Waals surface area contributed by atoms with E-state index in [1.807, 2.05) is 12.1 Å². The Morgan fingerprint density at radius 3 is 2.87 bits per heavy atom. The molecule has 0 fully saturated rings. The highest BCUT2D eigenvalue weighted by Gasteiger charge is 1.99. The van der Waals surface area contributed by atoms with Crippen LogP contribution in [-0.4, -0.2) is 24.9 Å². The fourth-order valence-corrected chi connectivity index (χ4v) is 1.31. The molecule has 82 valence electrons. The average molecular weight is 206 g/mol. The minimum Gasteiger partial charge on any atom is -0.507 e. The molecule has 0 heterocycles. The van der Waals surface area contributed by atoms with Gasteiger partial charge in [-0.05, 0) is 18.6 Å². The molecule has 0 amide bonds. The number of benzene rings is 1. The molecule has 0 radical (unpaired) electrons. The Bertz CT molecular complexity index is 334. The largest absolute Gasteiger partial charge is 0.507 e. The van der Waals surface area contributed by atoms with Gasteiger partial charge in [-0.1, -0.05) is 13.3 Å². The average Bonchev–Trinajstić information content (AvgIpc) is 2.23. The third-order valence-electron chi connectivity index (χ3n) is 2.16. The number of unbranched alkanes of at least 4 members (excludes halogenated alkanes) is 1. The van der Waals surface area contributed by atoms with Gasteiger partial charge in [-0.25, -0.2) is 0 Å². The van der Waals surface area contributed by atoms with E-state index in [1.54, 1.807) is 19.3 Å². The summed E-state index contributed by atoms with van der Waals surface area (Å²) in [6.45, 7) is 3.09. The Hall–Kier alpha value is -1.51. The highest BCUT2D eigenvalue weighted by Crippen LogP contribution is 2.20. The van der Waals surface area contributed by atoms with Crippen molar-refractivity contribution in [2.75, 3.05) is 18.9 Å². The standard InChI is InChI=1S/C12H18N2O/c1-3-4-7-14-11-6-5-10(9-13-2)12(15)8-11/h5-6,8-9,14-15H,3-4,7H2,1-2H3/b13-9+. The first-order chi connectivity index (χ1) is 7.27. The van der Waals surface area contributed by atoms with E-state index >= 15 is 0 Å². The van der Waals surface area contributed by atoms with Crippen molar-refractivity contribution in [3.05, 3.63) is 23.8 Å². The lowest BCUT2D eigenvalue weighted by atomic mass is 10.2. The first-order valence-corrected chi connectivity index (χ1v) is 5.27. The highest BCUT2D eigenvalue weighted by atomic mass is 16.3. The Labute approximate surface area is 90.9 Å². The van der Waals surface area contributed by atoms with Gasteiger partial charge in [-0.15, -0.1) is 0 Å². The molecule has 0 atom stereocenters. The minimum absolute atomic E-state index is 0.266. The molecule has 0 spiro atoms. The molecular formula is C12H18N2O. The quantitative estimate of drug-likeness (QED) is 0.574. The molecule has 1 rings (SSSR count). The maximum absolute atomic E-state index is 9.65. The van der Waals surface area contributed by atoms with Crippen molar-refractivity contribution in [2.45, 2.75) is 19.8 Å². The Balaban J connectivity index is 2.65. The molecule has 0 saturated heterocycles.